The first-order valence-electron chi connectivity index (χ1n) is 7.28. The Bertz CT molecular complexity index is 635. The zero-order valence-electron chi connectivity index (χ0n) is 11.8. The summed E-state index contributed by atoms with van der Waals surface area (Å²) in [6.45, 7) is 2.90. The minimum atomic E-state index is -3.74. The molecule has 1 atom stereocenters. The summed E-state index contributed by atoms with van der Waals surface area (Å²) >= 11 is 0. The molecule has 1 aromatic rings. The number of anilines is 1. The van der Waals surface area contributed by atoms with Crippen LogP contribution >= 0.6 is 0 Å². The Labute approximate surface area is 124 Å². The molecule has 116 valence electrons. The first kappa shape index (κ1) is 14.7. The van der Waals surface area contributed by atoms with Gasteiger partial charge < -0.3 is 5.73 Å². The first-order valence-corrected chi connectivity index (χ1v) is 8.72. The topological polar surface area (TPSA) is 66.6 Å². The minimum Gasteiger partial charge on any atom is -0.398 e. The monoisotopic (exact) mass is 313 g/mol. The highest BCUT2D eigenvalue weighted by Gasteiger charge is 2.35. The molecule has 2 fully saturated rings. The average Bonchev–Trinajstić information content (AvgIpc) is 2.78. The third-order valence-electron chi connectivity index (χ3n) is 4.36. The summed E-state index contributed by atoms with van der Waals surface area (Å²) in [5.74, 6) is -0.583. The van der Waals surface area contributed by atoms with Crippen molar-refractivity contribution in [1.29, 1.82) is 0 Å². The highest BCUT2D eigenvalue weighted by atomic mass is 32.2. The zero-order valence-corrected chi connectivity index (χ0v) is 12.7. The standard InChI is InChI=1S/C14H20FN3O2S/c15-11-4-5-13(16)14(9-11)21(19,20)18-8-2-7-17-6-1-3-12(17)10-18/h4-5,9,12H,1-3,6-8,10,16H2. The minimum absolute atomic E-state index is 0.101. The molecule has 21 heavy (non-hydrogen) atoms. The Morgan fingerprint density at radius 3 is 2.76 bits per heavy atom. The number of nitrogens with zero attached hydrogens (tertiary/aromatic N) is 2. The van der Waals surface area contributed by atoms with Crippen molar-refractivity contribution in [3.05, 3.63) is 24.0 Å². The second-order valence-corrected chi connectivity index (χ2v) is 7.64. The molecule has 0 amide bonds. The Morgan fingerprint density at radius 2 is 1.95 bits per heavy atom. The molecule has 2 N–H and O–H groups in total. The largest absolute Gasteiger partial charge is 0.398 e. The fourth-order valence-corrected chi connectivity index (χ4v) is 4.91. The number of nitrogens with two attached hydrogens (primary N) is 1. The smallest absolute Gasteiger partial charge is 0.245 e. The van der Waals surface area contributed by atoms with E-state index in [0.717, 1.165) is 38.4 Å². The van der Waals surface area contributed by atoms with E-state index >= 15 is 0 Å². The predicted molar refractivity (Wildman–Crippen MR) is 78.8 cm³/mol. The highest BCUT2D eigenvalue weighted by Crippen LogP contribution is 2.28. The van der Waals surface area contributed by atoms with Gasteiger partial charge in [0.1, 0.15) is 10.7 Å². The maximum absolute atomic E-state index is 13.4. The summed E-state index contributed by atoms with van der Waals surface area (Å²) in [5, 5.41) is 0. The van der Waals surface area contributed by atoms with E-state index < -0.39 is 15.8 Å². The van der Waals surface area contributed by atoms with E-state index in [2.05, 4.69) is 4.90 Å². The lowest BCUT2D eigenvalue weighted by Crippen LogP contribution is -2.39. The molecule has 7 heteroatoms. The van der Waals surface area contributed by atoms with E-state index in [-0.39, 0.29) is 16.6 Å². The van der Waals surface area contributed by atoms with Crippen LogP contribution in [-0.2, 0) is 10.0 Å². The highest BCUT2D eigenvalue weighted by molar-refractivity contribution is 7.89. The summed E-state index contributed by atoms with van der Waals surface area (Å²) in [6.07, 6.45) is 2.93. The van der Waals surface area contributed by atoms with Gasteiger partial charge in [0.15, 0.2) is 0 Å². The van der Waals surface area contributed by atoms with Crippen molar-refractivity contribution >= 4 is 15.7 Å². The van der Waals surface area contributed by atoms with Crippen molar-refractivity contribution < 1.29 is 12.8 Å². The number of sulfonamides is 1. The molecule has 0 radical (unpaired) electrons. The van der Waals surface area contributed by atoms with Gasteiger partial charge in [0.25, 0.3) is 0 Å². The van der Waals surface area contributed by atoms with Crippen LogP contribution in [0.2, 0.25) is 0 Å². The molecule has 1 aromatic carbocycles. The Kier molecular flexibility index (Phi) is 3.90. The van der Waals surface area contributed by atoms with E-state index in [1.165, 1.54) is 16.4 Å². The normalized spacial score (nSPS) is 24.7. The molecule has 0 spiro atoms. The third kappa shape index (κ3) is 2.77. The average molecular weight is 313 g/mol. The van der Waals surface area contributed by atoms with Crippen molar-refractivity contribution in [2.24, 2.45) is 0 Å². The maximum atomic E-state index is 13.4. The molecule has 2 aliphatic heterocycles. The fraction of sp³-hybridized carbons (Fsp3) is 0.571. The van der Waals surface area contributed by atoms with Crippen LogP contribution in [0.25, 0.3) is 0 Å². The van der Waals surface area contributed by atoms with Crippen LogP contribution in [0.5, 0.6) is 0 Å². The second-order valence-electron chi connectivity index (χ2n) is 5.73. The van der Waals surface area contributed by atoms with Gasteiger partial charge in [-0.1, -0.05) is 0 Å². The molecule has 0 aromatic heterocycles. The summed E-state index contributed by atoms with van der Waals surface area (Å²) in [7, 11) is -3.74. The van der Waals surface area contributed by atoms with Gasteiger partial charge in [0, 0.05) is 19.1 Å². The number of benzene rings is 1. The van der Waals surface area contributed by atoms with Crippen molar-refractivity contribution in [3.8, 4) is 0 Å². The molecule has 0 saturated carbocycles. The van der Waals surface area contributed by atoms with Gasteiger partial charge in [-0.2, -0.15) is 4.31 Å². The predicted octanol–water partition coefficient (Wildman–Crippen LogP) is 1.27. The number of hydrogen-bond donors (Lipinski definition) is 1. The molecular formula is C14H20FN3O2S. The maximum Gasteiger partial charge on any atom is 0.245 e. The molecule has 0 aliphatic carbocycles. The number of rotatable bonds is 2. The van der Waals surface area contributed by atoms with Crippen molar-refractivity contribution in [2.45, 2.75) is 30.2 Å². The lowest BCUT2D eigenvalue weighted by atomic mass is 10.2. The number of hydrogen-bond acceptors (Lipinski definition) is 4. The Hall–Kier alpha value is -1.18. The summed E-state index contributed by atoms with van der Waals surface area (Å²) in [4.78, 5) is 2.23. The van der Waals surface area contributed by atoms with Crippen LogP contribution in [0.4, 0.5) is 10.1 Å². The van der Waals surface area contributed by atoms with Crippen molar-refractivity contribution in [3.63, 3.8) is 0 Å². The number of nitrogen functional groups attached to an aromatic ring is 1. The van der Waals surface area contributed by atoms with Crippen LogP contribution in [0.1, 0.15) is 19.3 Å². The molecule has 2 heterocycles. The molecule has 0 bridgehead atoms. The van der Waals surface area contributed by atoms with Gasteiger partial charge in [-0.05, 0) is 50.6 Å². The molecule has 3 rings (SSSR count). The lowest BCUT2D eigenvalue weighted by Gasteiger charge is -2.25. The summed E-state index contributed by atoms with van der Waals surface area (Å²) in [5.41, 5.74) is 5.85. The molecule has 2 aliphatic rings. The molecule has 5 nitrogen and oxygen atoms in total. The second kappa shape index (κ2) is 5.55. The van der Waals surface area contributed by atoms with Crippen LogP contribution in [0.15, 0.2) is 23.1 Å². The van der Waals surface area contributed by atoms with E-state index in [0.29, 0.717) is 13.1 Å². The Morgan fingerprint density at radius 1 is 1.19 bits per heavy atom. The summed E-state index contributed by atoms with van der Waals surface area (Å²) in [6, 6.07) is 3.77. The van der Waals surface area contributed by atoms with Crippen LogP contribution < -0.4 is 5.73 Å². The van der Waals surface area contributed by atoms with Crippen LogP contribution in [0.3, 0.4) is 0 Å². The Balaban J connectivity index is 1.92. The summed E-state index contributed by atoms with van der Waals surface area (Å²) < 4.78 is 40.4. The molecule has 2 saturated heterocycles. The van der Waals surface area contributed by atoms with Gasteiger partial charge in [0.2, 0.25) is 10.0 Å². The van der Waals surface area contributed by atoms with Gasteiger partial charge >= 0.3 is 0 Å². The first-order chi connectivity index (χ1) is 9.98. The van der Waals surface area contributed by atoms with Gasteiger partial charge in [-0.15, -0.1) is 0 Å². The third-order valence-corrected chi connectivity index (χ3v) is 6.28. The zero-order chi connectivity index (χ0) is 15.0. The van der Waals surface area contributed by atoms with E-state index in [4.69, 9.17) is 5.73 Å². The molecular weight excluding hydrogens is 293 g/mol. The SMILES string of the molecule is Nc1ccc(F)cc1S(=O)(=O)N1CCCN2CCCC2C1. The van der Waals surface area contributed by atoms with E-state index in [1.54, 1.807) is 0 Å². The van der Waals surface area contributed by atoms with Gasteiger partial charge in [-0.25, -0.2) is 12.8 Å². The number of halogens is 1. The fourth-order valence-electron chi connectivity index (χ4n) is 3.26. The van der Waals surface area contributed by atoms with Gasteiger partial charge in [0.05, 0.1) is 5.69 Å². The van der Waals surface area contributed by atoms with Crippen LogP contribution in [0, 0.1) is 5.82 Å². The molecule has 1 unspecified atom stereocenters. The van der Waals surface area contributed by atoms with E-state index in [1.807, 2.05) is 0 Å². The van der Waals surface area contributed by atoms with Crippen LogP contribution in [-0.4, -0.2) is 49.8 Å². The quantitative estimate of drug-likeness (QED) is 0.835. The van der Waals surface area contributed by atoms with Crippen molar-refractivity contribution in [1.82, 2.24) is 9.21 Å². The van der Waals surface area contributed by atoms with Gasteiger partial charge in [-0.3, -0.25) is 4.90 Å². The lowest BCUT2D eigenvalue weighted by molar-refractivity contribution is 0.257. The number of fused-ring (bicyclic) bond motifs is 1. The van der Waals surface area contributed by atoms with E-state index in [9.17, 15) is 12.8 Å². The van der Waals surface area contributed by atoms with Crippen molar-refractivity contribution in [2.75, 3.05) is 31.9 Å².